The average Bonchev–Trinajstić information content (AvgIpc) is 2.70. The smallest absolute Gasteiger partial charge is 0.227 e. The summed E-state index contributed by atoms with van der Waals surface area (Å²) in [4.78, 5) is 14.4. The molecule has 0 bridgehead atoms. The van der Waals surface area contributed by atoms with E-state index in [-0.39, 0.29) is 11.8 Å². The molecule has 24 heavy (non-hydrogen) atoms. The third-order valence-electron chi connectivity index (χ3n) is 5.03. The fourth-order valence-electron chi connectivity index (χ4n) is 3.27. The van der Waals surface area contributed by atoms with E-state index in [0.29, 0.717) is 0 Å². The molecule has 0 aromatic carbocycles. The van der Waals surface area contributed by atoms with Gasteiger partial charge in [-0.15, -0.1) is 0 Å². The van der Waals surface area contributed by atoms with Crippen LogP contribution in [0.5, 0.6) is 0 Å². The van der Waals surface area contributed by atoms with Gasteiger partial charge in [0, 0.05) is 49.0 Å². The molecule has 1 amide bonds. The maximum atomic E-state index is 12.2. The standard InChI is InChI=1S/C20H22N2O2/c1-22(2)15-9-10-19-17(12-15)16-11-14(7-4-8-18(16)24-19)21-20(23)13-5-3-6-13/h4,7-11,13H,3,5-6,12H2,1-2H3,(H,21,23). The number of likely N-dealkylation sites (N-methyl/N-ethyl adjacent to an activating group) is 1. The van der Waals surface area contributed by atoms with Gasteiger partial charge in [-0.2, -0.15) is 0 Å². The fraction of sp³-hybridized carbons (Fsp3) is 0.350. The number of nitrogens with one attached hydrogen (secondary N) is 1. The van der Waals surface area contributed by atoms with E-state index in [4.69, 9.17) is 4.42 Å². The highest BCUT2D eigenvalue weighted by Gasteiger charge is 2.25. The minimum atomic E-state index is 0.137. The molecule has 0 atom stereocenters. The highest BCUT2D eigenvalue weighted by Crippen LogP contribution is 2.27. The van der Waals surface area contributed by atoms with Crippen molar-refractivity contribution in [2.75, 3.05) is 14.1 Å². The Morgan fingerprint density at radius 1 is 1.21 bits per heavy atom. The number of carbonyl (C=O) groups is 1. The van der Waals surface area contributed by atoms with Crippen LogP contribution in [0.3, 0.4) is 0 Å². The molecule has 124 valence electrons. The molecule has 0 aliphatic heterocycles. The first-order valence-electron chi connectivity index (χ1n) is 8.52. The second-order valence-corrected chi connectivity index (χ2v) is 6.86. The summed E-state index contributed by atoms with van der Waals surface area (Å²) in [6.07, 6.45) is 16.0. The van der Waals surface area contributed by atoms with Crippen LogP contribution in [0, 0.1) is 5.92 Å². The van der Waals surface area contributed by atoms with Gasteiger partial charge in [-0.25, -0.2) is 0 Å². The summed E-state index contributed by atoms with van der Waals surface area (Å²) in [5, 5.41) is 3.07. The van der Waals surface area contributed by atoms with E-state index < -0.39 is 0 Å². The second kappa shape index (κ2) is 5.86. The van der Waals surface area contributed by atoms with Crippen molar-refractivity contribution in [3.05, 3.63) is 51.6 Å². The van der Waals surface area contributed by atoms with E-state index in [1.165, 1.54) is 11.3 Å². The van der Waals surface area contributed by atoms with Crippen LogP contribution in [0.4, 0.5) is 0 Å². The lowest BCUT2D eigenvalue weighted by Gasteiger charge is -2.24. The number of allylic oxidation sites excluding steroid dienone is 4. The molecule has 0 saturated heterocycles. The molecule has 0 spiro atoms. The molecule has 1 N–H and O–H groups in total. The number of fused-ring (bicyclic) bond motifs is 3. The van der Waals surface area contributed by atoms with Gasteiger partial charge in [0.05, 0.1) is 0 Å². The number of hydrogen-bond donors (Lipinski definition) is 1. The highest BCUT2D eigenvalue weighted by molar-refractivity contribution is 5.83. The molecule has 1 aromatic heterocycles. The Hall–Kier alpha value is -2.49. The van der Waals surface area contributed by atoms with Crippen molar-refractivity contribution in [3.63, 3.8) is 0 Å². The van der Waals surface area contributed by atoms with Crippen LogP contribution in [-0.4, -0.2) is 24.9 Å². The van der Waals surface area contributed by atoms with Crippen molar-refractivity contribution >= 4 is 24.1 Å². The minimum absolute atomic E-state index is 0.137. The van der Waals surface area contributed by atoms with Crippen LogP contribution < -0.4 is 16.1 Å². The molecule has 1 saturated carbocycles. The molecular weight excluding hydrogens is 300 g/mol. The van der Waals surface area contributed by atoms with Gasteiger partial charge in [0.25, 0.3) is 0 Å². The zero-order valence-electron chi connectivity index (χ0n) is 14.1. The Morgan fingerprint density at radius 2 is 2.04 bits per heavy atom. The maximum absolute atomic E-state index is 12.2. The number of amides is 1. The summed E-state index contributed by atoms with van der Waals surface area (Å²) in [6, 6.07) is 0. The zero-order chi connectivity index (χ0) is 16.7. The Labute approximate surface area is 141 Å². The lowest BCUT2D eigenvalue weighted by molar-refractivity contribution is -0.126. The van der Waals surface area contributed by atoms with E-state index in [9.17, 15) is 4.79 Å². The van der Waals surface area contributed by atoms with Gasteiger partial charge in [0.15, 0.2) is 0 Å². The van der Waals surface area contributed by atoms with Crippen molar-refractivity contribution in [1.82, 2.24) is 10.2 Å². The van der Waals surface area contributed by atoms with E-state index in [2.05, 4.69) is 30.4 Å². The van der Waals surface area contributed by atoms with Crippen LogP contribution in [-0.2, 0) is 11.2 Å². The van der Waals surface area contributed by atoms with Gasteiger partial charge >= 0.3 is 0 Å². The van der Waals surface area contributed by atoms with Gasteiger partial charge in [-0.1, -0.05) is 12.5 Å². The van der Waals surface area contributed by atoms with Gasteiger partial charge < -0.3 is 14.6 Å². The molecule has 4 rings (SSSR count). The molecule has 1 fully saturated rings. The zero-order valence-corrected chi connectivity index (χ0v) is 14.1. The van der Waals surface area contributed by atoms with E-state index >= 15 is 0 Å². The molecule has 3 aliphatic rings. The topological polar surface area (TPSA) is 45.5 Å². The van der Waals surface area contributed by atoms with Crippen molar-refractivity contribution in [2.24, 2.45) is 5.92 Å². The Bertz CT molecular complexity index is 893. The second-order valence-electron chi connectivity index (χ2n) is 6.86. The first-order chi connectivity index (χ1) is 11.6. The van der Waals surface area contributed by atoms with E-state index in [1.54, 1.807) is 0 Å². The SMILES string of the molecule is CN(C)C1=CC=c2oc3c(c2C1)C=C(NC(=O)C1CCC1)C=CC=3. The van der Waals surface area contributed by atoms with Crippen molar-refractivity contribution in [2.45, 2.75) is 25.7 Å². The fourth-order valence-corrected chi connectivity index (χ4v) is 3.27. The lowest BCUT2D eigenvalue weighted by Crippen LogP contribution is -2.33. The van der Waals surface area contributed by atoms with E-state index in [1.807, 2.05) is 30.4 Å². The Kier molecular flexibility index (Phi) is 3.68. The van der Waals surface area contributed by atoms with Crippen LogP contribution in [0.15, 0.2) is 34.0 Å². The van der Waals surface area contributed by atoms with Crippen molar-refractivity contribution < 1.29 is 9.21 Å². The average molecular weight is 322 g/mol. The van der Waals surface area contributed by atoms with Crippen molar-refractivity contribution in [1.29, 1.82) is 0 Å². The summed E-state index contributed by atoms with van der Waals surface area (Å²) in [7, 11) is 4.11. The summed E-state index contributed by atoms with van der Waals surface area (Å²) in [5.74, 6) is 0.319. The molecule has 1 aromatic rings. The molecule has 4 nitrogen and oxygen atoms in total. The molecule has 3 aliphatic carbocycles. The number of nitrogens with zero attached hydrogens (tertiary/aromatic N) is 1. The number of hydrogen-bond acceptors (Lipinski definition) is 3. The number of rotatable bonds is 3. The normalized spacial score (nSPS) is 18.8. The predicted molar refractivity (Wildman–Crippen MR) is 95.0 cm³/mol. The first-order valence-corrected chi connectivity index (χ1v) is 8.52. The van der Waals surface area contributed by atoms with Crippen LogP contribution in [0.25, 0.3) is 18.2 Å². The number of furan rings is 1. The summed E-state index contributed by atoms with van der Waals surface area (Å²) in [5.41, 5.74) is 6.12. The monoisotopic (exact) mass is 322 g/mol. The van der Waals surface area contributed by atoms with Gasteiger partial charge in [0.1, 0.15) is 10.8 Å². The third-order valence-corrected chi connectivity index (χ3v) is 5.03. The van der Waals surface area contributed by atoms with Crippen LogP contribution in [0.1, 0.15) is 30.4 Å². The molecular formula is C20H22N2O2. The quantitative estimate of drug-likeness (QED) is 0.921. The Morgan fingerprint density at radius 3 is 2.75 bits per heavy atom. The summed E-state index contributed by atoms with van der Waals surface area (Å²) >= 11 is 0. The number of carbonyl (C=O) groups excluding carboxylic acids is 1. The van der Waals surface area contributed by atoms with Crippen molar-refractivity contribution in [3.8, 4) is 0 Å². The largest absolute Gasteiger partial charge is 0.456 e. The lowest BCUT2D eigenvalue weighted by atomic mass is 9.85. The van der Waals surface area contributed by atoms with Gasteiger partial charge in [0.2, 0.25) is 5.91 Å². The summed E-state index contributed by atoms with van der Waals surface area (Å²) < 4.78 is 5.99. The maximum Gasteiger partial charge on any atom is 0.227 e. The predicted octanol–water partition coefficient (Wildman–Crippen LogP) is 1.67. The molecule has 0 unspecified atom stereocenters. The molecule has 1 heterocycles. The minimum Gasteiger partial charge on any atom is -0.456 e. The van der Waals surface area contributed by atoms with Crippen LogP contribution in [0.2, 0.25) is 0 Å². The Balaban J connectivity index is 1.67. The van der Waals surface area contributed by atoms with Gasteiger partial charge in [-0.05, 0) is 43.2 Å². The third kappa shape index (κ3) is 2.62. The van der Waals surface area contributed by atoms with E-state index in [0.717, 1.165) is 47.8 Å². The van der Waals surface area contributed by atoms with Crippen LogP contribution >= 0.6 is 0 Å². The molecule has 4 heteroatoms. The summed E-state index contributed by atoms with van der Waals surface area (Å²) in [6.45, 7) is 0. The first kappa shape index (κ1) is 15.1. The highest BCUT2D eigenvalue weighted by atomic mass is 16.3. The van der Waals surface area contributed by atoms with Gasteiger partial charge in [-0.3, -0.25) is 4.79 Å². The molecule has 0 radical (unpaired) electrons.